The van der Waals surface area contributed by atoms with Gasteiger partial charge >= 0.3 is 21.1 Å². The molecule has 0 fully saturated rings. The predicted molar refractivity (Wildman–Crippen MR) is 97.9 cm³/mol. The second-order valence-electron chi connectivity index (χ2n) is 5.34. The van der Waals surface area contributed by atoms with Gasteiger partial charge in [-0.3, -0.25) is 0 Å². The maximum absolute atomic E-state index is 11.5. The van der Waals surface area contributed by atoms with Crippen LogP contribution >= 0.6 is 0 Å². The van der Waals surface area contributed by atoms with Gasteiger partial charge in [0.1, 0.15) is 0 Å². The minimum Gasteiger partial charge on any atom is -0.735 e. The average molecular weight is 543 g/mol. The predicted octanol–water partition coefficient (Wildman–Crippen LogP) is 3.31. The van der Waals surface area contributed by atoms with Crippen molar-refractivity contribution in [3.8, 4) is 0 Å². The number of fused-ring (bicyclic) bond motifs is 5. The van der Waals surface area contributed by atoms with Crippen molar-refractivity contribution in [2.45, 2.75) is 0 Å². The van der Waals surface area contributed by atoms with Crippen LogP contribution in [0.25, 0.3) is 32.6 Å². The van der Waals surface area contributed by atoms with E-state index in [1.54, 1.807) is 12.1 Å². The number of hydrogen-bond donors (Lipinski definition) is 0. The fraction of sp³-hybridized carbons (Fsp3) is 0. The Morgan fingerprint density at radius 1 is 0.640 bits per heavy atom. The van der Waals surface area contributed by atoms with E-state index in [0.717, 1.165) is 21.5 Å². The molecule has 2 aromatic heterocycles. The van der Waals surface area contributed by atoms with Crippen LogP contribution in [0.1, 0.15) is 21.0 Å². The van der Waals surface area contributed by atoms with Crippen molar-refractivity contribution in [3.63, 3.8) is 0 Å². The Morgan fingerprint density at radius 3 is 1.40 bits per heavy atom. The molecule has 0 saturated heterocycles. The van der Waals surface area contributed by atoms with Crippen LogP contribution in [0.2, 0.25) is 0 Å². The molecule has 0 unspecified atom stereocenters. The molecule has 2 aromatic carbocycles. The summed E-state index contributed by atoms with van der Waals surface area (Å²) in [4.78, 5) is 31.9. The summed E-state index contributed by atoms with van der Waals surface area (Å²) in [6.45, 7) is 0. The average Bonchev–Trinajstić information content (AvgIpc) is 2.59. The Hall–Kier alpha value is -2.01. The molecule has 0 aliphatic rings. The van der Waals surface area contributed by atoms with E-state index in [1.165, 1.54) is 0 Å². The molecular weight excluding hydrogens is 535 g/mol. The number of nitrogens with zero attached hydrogens (tertiary/aromatic N) is 2. The van der Waals surface area contributed by atoms with Gasteiger partial charge in [0, 0.05) is 16.2 Å². The van der Waals surface area contributed by atoms with Crippen molar-refractivity contribution < 1.29 is 30.7 Å². The first kappa shape index (κ1) is 17.8. The van der Waals surface area contributed by atoms with Gasteiger partial charge in [0.15, 0.2) is 0 Å². The molecule has 0 saturated carbocycles. The zero-order chi connectivity index (χ0) is 16.8. The van der Waals surface area contributed by atoms with Crippen LogP contribution in [0.4, 0.5) is 0 Å². The summed E-state index contributed by atoms with van der Waals surface area (Å²) in [6, 6.07) is 14.6. The quantitative estimate of drug-likeness (QED) is 0.286. The van der Waals surface area contributed by atoms with E-state index in [2.05, 4.69) is 9.97 Å². The second-order valence-corrected chi connectivity index (χ2v) is 6.08. The van der Waals surface area contributed by atoms with E-state index in [4.69, 9.17) is 25.3 Å². The SMILES string of the molecule is O=C([S-])c1ccc2ccc3ccc4ccc(C(=O)[S-])nc4c3c2n1.[Pt+2]. The van der Waals surface area contributed by atoms with Crippen LogP contribution < -0.4 is 0 Å². The third-order valence-corrected chi connectivity index (χ3v) is 4.34. The zero-order valence-corrected chi connectivity index (χ0v) is 16.4. The van der Waals surface area contributed by atoms with E-state index in [9.17, 15) is 9.59 Å². The van der Waals surface area contributed by atoms with E-state index in [0.29, 0.717) is 11.0 Å². The Bertz CT molecular complexity index is 1090. The number of aromatic nitrogens is 2. The number of carbonyl (C=O) groups excluding carboxylic acids is 2. The van der Waals surface area contributed by atoms with Crippen molar-refractivity contribution in [2.75, 3.05) is 0 Å². The first-order chi connectivity index (χ1) is 11.5. The normalized spacial score (nSPS) is 10.7. The maximum atomic E-state index is 11.5. The van der Waals surface area contributed by atoms with Gasteiger partial charge in [0.25, 0.3) is 0 Å². The molecule has 25 heavy (non-hydrogen) atoms. The largest absolute Gasteiger partial charge is 2.00 e. The number of carbonyl (C=O) groups is 2. The van der Waals surface area contributed by atoms with Crippen LogP contribution in [0.15, 0.2) is 48.5 Å². The minimum atomic E-state index is -0.511. The molecule has 0 N–H and O–H groups in total. The van der Waals surface area contributed by atoms with Crippen molar-refractivity contribution >= 4 is 68.1 Å². The molecule has 0 aliphatic heterocycles. The fourth-order valence-corrected chi connectivity index (χ4v) is 3.03. The van der Waals surface area contributed by atoms with Crippen molar-refractivity contribution in [1.29, 1.82) is 0 Å². The number of benzene rings is 2. The summed E-state index contributed by atoms with van der Waals surface area (Å²) in [6.07, 6.45) is 0. The minimum absolute atomic E-state index is 0. The second kappa shape index (κ2) is 6.71. The molecule has 0 radical (unpaired) electrons. The zero-order valence-electron chi connectivity index (χ0n) is 12.5. The Kier molecular flexibility index (Phi) is 4.78. The van der Waals surface area contributed by atoms with E-state index in [1.807, 2.05) is 36.4 Å². The van der Waals surface area contributed by atoms with Crippen LogP contribution in [0.3, 0.4) is 0 Å². The van der Waals surface area contributed by atoms with Crippen molar-refractivity contribution in [2.24, 2.45) is 0 Å². The maximum Gasteiger partial charge on any atom is 2.00 e. The Balaban J connectivity index is 0.00000182. The van der Waals surface area contributed by atoms with Gasteiger partial charge in [0.05, 0.1) is 32.7 Å². The smallest absolute Gasteiger partial charge is 0.735 e. The van der Waals surface area contributed by atoms with E-state index in [-0.39, 0.29) is 32.5 Å². The third-order valence-electron chi connectivity index (χ3n) is 3.92. The molecule has 4 rings (SSSR count). The first-order valence-corrected chi connectivity index (χ1v) is 7.92. The first-order valence-electron chi connectivity index (χ1n) is 7.10. The van der Waals surface area contributed by atoms with E-state index < -0.39 is 10.2 Å². The number of rotatable bonds is 2. The Morgan fingerprint density at radius 2 is 1.00 bits per heavy atom. The molecule has 124 valence electrons. The van der Waals surface area contributed by atoms with Gasteiger partial charge in [0.2, 0.25) is 0 Å². The van der Waals surface area contributed by atoms with Crippen LogP contribution in [-0.2, 0) is 46.3 Å². The summed E-state index contributed by atoms with van der Waals surface area (Å²) < 4.78 is 0. The van der Waals surface area contributed by atoms with Crippen LogP contribution in [-0.4, -0.2) is 20.2 Å². The molecule has 2 heterocycles. The summed E-state index contributed by atoms with van der Waals surface area (Å²) >= 11 is 9.41. The molecule has 0 bridgehead atoms. The molecule has 0 spiro atoms. The standard InChI is InChI=1S/C18H10N2O2S2.Pt/c21-17(23)12-7-5-10-3-1-9-2-4-11-6-8-13(18(22)24)20-16(11)14(9)15(10)19-12;/h1-8H,(H,21,23)(H,22,24);/q;+2/p-2. The third kappa shape index (κ3) is 3.01. The summed E-state index contributed by atoms with van der Waals surface area (Å²) in [5.41, 5.74) is 1.71. The molecule has 0 amide bonds. The van der Waals surface area contributed by atoms with Gasteiger partial charge in [-0.15, -0.1) is 0 Å². The van der Waals surface area contributed by atoms with Gasteiger partial charge in [-0.1, -0.05) is 36.4 Å². The molecule has 4 nitrogen and oxygen atoms in total. The van der Waals surface area contributed by atoms with Crippen LogP contribution in [0, 0.1) is 0 Å². The molecule has 7 heteroatoms. The number of hydrogen-bond acceptors (Lipinski definition) is 6. The van der Waals surface area contributed by atoms with E-state index >= 15 is 0 Å². The van der Waals surface area contributed by atoms with Gasteiger partial charge in [-0.05, 0) is 17.5 Å². The molecule has 0 aliphatic carbocycles. The summed E-state index contributed by atoms with van der Waals surface area (Å²) in [5.74, 6) is 0. The molecule has 0 atom stereocenters. The van der Waals surface area contributed by atoms with Crippen molar-refractivity contribution in [1.82, 2.24) is 9.97 Å². The monoisotopic (exact) mass is 543 g/mol. The fourth-order valence-electron chi connectivity index (χ4n) is 2.80. The Labute approximate surface area is 168 Å². The van der Waals surface area contributed by atoms with Crippen LogP contribution in [0.5, 0.6) is 0 Å². The van der Waals surface area contributed by atoms with Gasteiger partial charge in [-0.25, -0.2) is 9.97 Å². The van der Waals surface area contributed by atoms with Gasteiger partial charge in [-0.2, -0.15) is 0 Å². The molecule has 4 aromatic rings. The molecular formula is C18H8N2O2PtS2. The summed E-state index contributed by atoms with van der Waals surface area (Å²) in [5, 5.41) is 2.41. The number of pyridine rings is 2. The topological polar surface area (TPSA) is 59.9 Å². The van der Waals surface area contributed by atoms with Gasteiger partial charge < -0.3 is 34.8 Å². The summed E-state index contributed by atoms with van der Waals surface area (Å²) in [7, 11) is 0. The van der Waals surface area contributed by atoms with Crippen molar-refractivity contribution in [3.05, 3.63) is 59.9 Å².